The molecule has 0 radical (unpaired) electrons. The van der Waals surface area contributed by atoms with Crippen LogP contribution < -0.4 is 25.6 Å². The summed E-state index contributed by atoms with van der Waals surface area (Å²) in [5, 5.41) is 12.3. The lowest BCUT2D eigenvalue weighted by Gasteiger charge is -2.32. The second-order valence-corrected chi connectivity index (χ2v) is 23.0. The van der Waals surface area contributed by atoms with Crippen LogP contribution in [-0.2, 0) is 40.3 Å². The maximum absolute atomic E-state index is 14.8. The number of alkyl carbamates (subject to hydrolysis) is 1. The summed E-state index contributed by atoms with van der Waals surface area (Å²) in [6, 6.07) is 12.4. The summed E-state index contributed by atoms with van der Waals surface area (Å²) in [6.07, 6.45) is 6.82. The molecule has 364 valence electrons. The van der Waals surface area contributed by atoms with Crippen LogP contribution >= 0.6 is 11.3 Å². The lowest BCUT2D eigenvalue weighted by Crippen LogP contribution is -2.58. The number of aromatic nitrogens is 1. The van der Waals surface area contributed by atoms with Crippen LogP contribution in [0, 0.1) is 12.8 Å². The number of fused-ring (bicyclic) bond motifs is 3. The standard InChI is InChI=1S/C48H63N7O8S2.C2H6/c1-29(2)55-37-17-13-15-35(41-49-33(28-64-41)24-31-20-18-30(3)19-21-31)39(37)51-44(55)62-34-25-38-40(56)52-48(43(58)53-65(60,61)47(7)22-23-47)26-32(48)14-11-9-8-10-12-16-36(42(57)54(38)27-34)50-45(59)63-46(4,5)6;1-2/h11,13-15,17-21,28-29,32,34,36,38,44,51H,8-10,12,16,22-27H2,1-7H3,(H,50,59)(H,52,56)(H,53,58);1-2H3/b14-11-;/t32-,34-,36+,38+,44?,48-;/m1./s1. The molecule has 17 heteroatoms. The lowest BCUT2D eigenvalue weighted by atomic mass is 10.0. The van der Waals surface area contributed by atoms with Gasteiger partial charge < -0.3 is 35.2 Å². The number of sulfonamides is 1. The molecule has 3 aliphatic heterocycles. The number of hydrogen-bond acceptors (Lipinski definition) is 12. The normalized spacial score (nSPS) is 26.3. The Hall–Kier alpha value is -5.00. The van der Waals surface area contributed by atoms with Gasteiger partial charge in [-0.3, -0.25) is 19.1 Å². The number of nitrogens with one attached hydrogen (secondary N) is 4. The van der Waals surface area contributed by atoms with E-state index in [2.05, 4.69) is 76.0 Å². The zero-order chi connectivity index (χ0) is 48.5. The summed E-state index contributed by atoms with van der Waals surface area (Å²) >= 11 is 1.58. The van der Waals surface area contributed by atoms with Crippen LogP contribution in [0.15, 0.2) is 60.0 Å². The maximum atomic E-state index is 14.8. The first-order chi connectivity index (χ1) is 31.8. The quantitative estimate of drug-likeness (QED) is 0.145. The number of anilines is 2. The second kappa shape index (κ2) is 19.9. The fourth-order valence-corrected chi connectivity index (χ4v) is 11.2. The number of para-hydroxylation sites is 1. The first kappa shape index (κ1) is 49.9. The van der Waals surface area contributed by atoms with Crippen molar-refractivity contribution in [3.8, 4) is 10.6 Å². The van der Waals surface area contributed by atoms with Gasteiger partial charge in [-0.05, 0) is 105 Å². The van der Waals surface area contributed by atoms with Crippen molar-refractivity contribution >= 4 is 56.5 Å². The minimum absolute atomic E-state index is 0.0147. The Balaban J connectivity index is 0.00000329. The van der Waals surface area contributed by atoms with E-state index in [1.807, 2.05) is 44.2 Å². The third-order valence-corrected chi connectivity index (χ3v) is 16.3. The summed E-state index contributed by atoms with van der Waals surface area (Å²) in [4.78, 5) is 65.4. The summed E-state index contributed by atoms with van der Waals surface area (Å²) in [7, 11) is -4.01. The fraction of sp³-hybridized carbons (Fsp3) is 0.580. The summed E-state index contributed by atoms with van der Waals surface area (Å²) in [6.45, 7) is 17.1. The number of carbonyl (C=O) groups is 4. The van der Waals surface area contributed by atoms with Gasteiger partial charge in [-0.25, -0.2) is 18.2 Å². The zero-order valence-electron chi connectivity index (χ0n) is 40.4. The molecule has 1 aromatic heterocycles. The van der Waals surface area contributed by atoms with Crippen LogP contribution in [0.3, 0.4) is 0 Å². The van der Waals surface area contributed by atoms with Crippen molar-refractivity contribution in [2.24, 2.45) is 5.92 Å². The minimum Gasteiger partial charge on any atom is -0.444 e. The van der Waals surface area contributed by atoms with Crippen LogP contribution in [0.4, 0.5) is 16.2 Å². The molecule has 2 aromatic carbocycles. The van der Waals surface area contributed by atoms with Crippen molar-refractivity contribution in [3.63, 3.8) is 0 Å². The number of benzene rings is 2. The highest BCUT2D eigenvalue weighted by Crippen LogP contribution is 2.48. The highest BCUT2D eigenvalue weighted by Gasteiger charge is 2.63. The monoisotopic (exact) mass is 959 g/mol. The van der Waals surface area contributed by atoms with E-state index in [0.29, 0.717) is 38.5 Å². The average molecular weight is 960 g/mol. The van der Waals surface area contributed by atoms with Crippen LogP contribution in [0.2, 0.25) is 0 Å². The number of aryl methyl sites for hydroxylation is 1. The predicted molar refractivity (Wildman–Crippen MR) is 262 cm³/mol. The Morgan fingerprint density at radius 3 is 2.46 bits per heavy atom. The number of ether oxygens (including phenoxy) is 2. The predicted octanol–water partition coefficient (Wildman–Crippen LogP) is 7.93. The van der Waals surface area contributed by atoms with Gasteiger partial charge in [0.05, 0.1) is 27.9 Å². The van der Waals surface area contributed by atoms with Crippen LogP contribution in [0.1, 0.15) is 130 Å². The van der Waals surface area contributed by atoms with E-state index in [1.54, 1.807) is 39.0 Å². The van der Waals surface area contributed by atoms with Crippen molar-refractivity contribution in [1.29, 1.82) is 0 Å². The molecule has 15 nitrogen and oxygen atoms in total. The first-order valence-corrected chi connectivity index (χ1v) is 26.3. The third kappa shape index (κ3) is 11.2. The molecule has 1 saturated heterocycles. The van der Waals surface area contributed by atoms with E-state index >= 15 is 0 Å². The molecule has 1 unspecified atom stereocenters. The molecule has 3 aromatic rings. The summed E-state index contributed by atoms with van der Waals surface area (Å²) in [5.74, 6) is -2.30. The van der Waals surface area contributed by atoms with Gasteiger partial charge in [0.25, 0.3) is 5.91 Å². The topological polar surface area (TPSA) is 188 Å². The summed E-state index contributed by atoms with van der Waals surface area (Å²) < 4.78 is 40.3. The smallest absolute Gasteiger partial charge is 0.408 e. The molecular weight excluding hydrogens is 891 g/mol. The SMILES string of the molecule is CC.Cc1ccc(Cc2csc(-c3cccc4c3NC(O[C@@H]3C[C@H]5C(=O)N[C@]6(C(=O)NS(=O)(=O)C7(C)CC7)C[C@H]6/C=C\CCCCC[C@H](NC(=O)OC(C)(C)C)C(=O)N5C3)N4C(C)C)n2)cc1. The van der Waals surface area contributed by atoms with E-state index < -0.39 is 80.2 Å². The Morgan fingerprint density at radius 2 is 1.78 bits per heavy atom. The maximum Gasteiger partial charge on any atom is 0.408 e. The first-order valence-electron chi connectivity index (χ1n) is 23.9. The zero-order valence-corrected chi connectivity index (χ0v) is 42.1. The molecule has 6 atom stereocenters. The average Bonchev–Trinajstić information content (AvgIpc) is 3.96. The molecule has 8 rings (SSSR count). The number of amides is 4. The molecule has 4 heterocycles. The molecular formula is C50H69N7O8S2. The van der Waals surface area contributed by atoms with Crippen molar-refractivity contribution in [1.82, 2.24) is 25.2 Å². The number of carbonyl (C=O) groups excluding carboxylic acids is 4. The molecule has 2 aliphatic carbocycles. The third-order valence-electron chi connectivity index (χ3n) is 13.2. The van der Waals surface area contributed by atoms with E-state index in [4.69, 9.17) is 14.5 Å². The number of allylic oxidation sites excluding steroid dienone is 1. The van der Waals surface area contributed by atoms with Gasteiger partial charge in [0.1, 0.15) is 28.2 Å². The Morgan fingerprint density at radius 1 is 1.04 bits per heavy atom. The molecule has 0 spiro atoms. The van der Waals surface area contributed by atoms with Gasteiger partial charge in [-0.2, -0.15) is 0 Å². The molecule has 0 bridgehead atoms. The molecule has 5 aliphatic rings. The highest BCUT2D eigenvalue weighted by atomic mass is 32.2. The highest BCUT2D eigenvalue weighted by molar-refractivity contribution is 7.91. The lowest BCUT2D eigenvalue weighted by molar-refractivity contribution is -0.141. The number of rotatable bonds is 10. The number of nitrogens with zero attached hydrogens (tertiary/aromatic N) is 3. The van der Waals surface area contributed by atoms with Crippen molar-refractivity contribution < 1.29 is 37.1 Å². The van der Waals surface area contributed by atoms with Crippen molar-refractivity contribution in [2.75, 3.05) is 16.8 Å². The van der Waals surface area contributed by atoms with E-state index in [0.717, 1.165) is 40.5 Å². The Labute approximate surface area is 400 Å². The van der Waals surface area contributed by atoms with Gasteiger partial charge >= 0.3 is 6.09 Å². The van der Waals surface area contributed by atoms with Gasteiger partial charge in [0.15, 0.2) is 0 Å². The van der Waals surface area contributed by atoms with E-state index in [-0.39, 0.29) is 25.4 Å². The molecule has 3 fully saturated rings. The van der Waals surface area contributed by atoms with Crippen LogP contribution in [0.25, 0.3) is 10.6 Å². The number of thiazole rings is 1. The van der Waals surface area contributed by atoms with Gasteiger partial charge in [0, 0.05) is 42.3 Å². The van der Waals surface area contributed by atoms with Gasteiger partial charge in [-0.15, -0.1) is 11.3 Å². The fourth-order valence-electron chi connectivity index (χ4n) is 9.07. The minimum atomic E-state index is -4.01. The Kier molecular flexibility index (Phi) is 14.8. The number of hydrogen-bond donors (Lipinski definition) is 4. The van der Waals surface area contributed by atoms with Gasteiger partial charge in [-0.1, -0.05) is 74.7 Å². The van der Waals surface area contributed by atoms with Crippen LogP contribution in [0.5, 0.6) is 0 Å². The second-order valence-electron chi connectivity index (χ2n) is 19.9. The largest absolute Gasteiger partial charge is 0.444 e. The van der Waals surface area contributed by atoms with E-state index in [9.17, 15) is 27.6 Å². The molecule has 4 amide bonds. The van der Waals surface area contributed by atoms with Crippen LogP contribution in [-0.4, -0.2) is 95.1 Å². The van der Waals surface area contributed by atoms with Crippen molar-refractivity contribution in [2.45, 2.75) is 173 Å². The molecule has 67 heavy (non-hydrogen) atoms. The Bertz CT molecular complexity index is 2440. The molecule has 4 N–H and O–H groups in total. The summed E-state index contributed by atoms with van der Waals surface area (Å²) in [5.41, 5.74) is 3.74. The van der Waals surface area contributed by atoms with E-state index in [1.165, 1.54) is 16.0 Å². The molecule has 2 saturated carbocycles. The van der Waals surface area contributed by atoms with Crippen molar-refractivity contribution in [3.05, 3.63) is 76.8 Å². The van der Waals surface area contributed by atoms with Gasteiger partial charge in [0.2, 0.25) is 28.2 Å².